The molecule has 0 saturated heterocycles. The predicted octanol–water partition coefficient (Wildman–Crippen LogP) is 3.37. The molecule has 1 saturated carbocycles. The van der Waals surface area contributed by atoms with Gasteiger partial charge in [-0.05, 0) is 55.6 Å². The average Bonchev–Trinajstić information content (AvgIpc) is 2.48. The van der Waals surface area contributed by atoms with Crippen LogP contribution in [0, 0.1) is 5.92 Å². The summed E-state index contributed by atoms with van der Waals surface area (Å²) in [4.78, 5) is 11.5. The van der Waals surface area contributed by atoms with Crippen LogP contribution in [0.5, 0.6) is 0 Å². The van der Waals surface area contributed by atoms with Crippen LogP contribution in [-0.4, -0.2) is 12.6 Å². The first kappa shape index (κ1) is 15.0. The number of benzene rings is 1. The number of esters is 1. The maximum atomic E-state index is 11.5. The zero-order valence-corrected chi connectivity index (χ0v) is 12.3. The van der Waals surface area contributed by atoms with E-state index in [4.69, 9.17) is 10.5 Å². The molecule has 1 aliphatic rings. The van der Waals surface area contributed by atoms with Crippen molar-refractivity contribution in [2.24, 2.45) is 11.7 Å². The van der Waals surface area contributed by atoms with E-state index in [0.29, 0.717) is 31.4 Å². The number of carbonyl (C=O) groups excluding carboxylic acids is 1. The minimum absolute atomic E-state index is 0.0387. The first-order valence-electron chi connectivity index (χ1n) is 7.67. The third-order valence-corrected chi connectivity index (χ3v) is 4.29. The Bertz CT molecular complexity index is 419. The molecule has 2 N–H and O–H groups in total. The lowest BCUT2D eigenvalue weighted by Crippen LogP contribution is -2.18. The fraction of sp³-hybridized carbons (Fsp3) is 0.588. The van der Waals surface area contributed by atoms with Crippen LogP contribution < -0.4 is 5.73 Å². The van der Waals surface area contributed by atoms with Crippen LogP contribution in [0.1, 0.15) is 56.1 Å². The Balaban J connectivity index is 1.82. The lowest BCUT2D eigenvalue weighted by molar-refractivity contribution is -0.144. The van der Waals surface area contributed by atoms with Gasteiger partial charge >= 0.3 is 5.97 Å². The van der Waals surface area contributed by atoms with Crippen LogP contribution in [0.25, 0.3) is 0 Å². The summed E-state index contributed by atoms with van der Waals surface area (Å²) in [6, 6.07) is 8.66. The summed E-state index contributed by atoms with van der Waals surface area (Å²) < 4.78 is 5.03. The zero-order valence-electron chi connectivity index (χ0n) is 12.3. The van der Waals surface area contributed by atoms with E-state index in [2.05, 4.69) is 24.3 Å². The van der Waals surface area contributed by atoms with Crippen molar-refractivity contribution in [3.05, 3.63) is 35.4 Å². The first-order chi connectivity index (χ1) is 9.72. The predicted molar refractivity (Wildman–Crippen MR) is 80.3 cm³/mol. The molecule has 0 spiro atoms. The molecule has 0 heterocycles. The van der Waals surface area contributed by atoms with E-state index >= 15 is 0 Å². The Kier molecular flexibility index (Phi) is 5.60. The number of hydrogen-bond acceptors (Lipinski definition) is 3. The van der Waals surface area contributed by atoms with Gasteiger partial charge in [-0.3, -0.25) is 4.79 Å². The van der Waals surface area contributed by atoms with E-state index in [1.165, 1.54) is 24.0 Å². The van der Waals surface area contributed by atoms with Crippen LogP contribution in [-0.2, 0) is 16.1 Å². The van der Waals surface area contributed by atoms with E-state index in [9.17, 15) is 4.79 Å². The van der Waals surface area contributed by atoms with Crippen molar-refractivity contribution in [1.82, 2.24) is 0 Å². The molecular formula is C17H25NO2. The molecule has 1 aromatic carbocycles. The van der Waals surface area contributed by atoms with Gasteiger partial charge < -0.3 is 10.5 Å². The standard InChI is InChI=1S/C17H25NO2/c1-2-20-17(19)11-13-3-7-15(8-4-13)16-9-5-14(12-18)6-10-16/h5-6,9-10,13,15H,2-4,7-8,11-12,18H2,1H3/t13-,15-. The minimum Gasteiger partial charge on any atom is -0.466 e. The number of rotatable bonds is 5. The van der Waals surface area contributed by atoms with Crippen LogP contribution in [0.4, 0.5) is 0 Å². The number of ether oxygens (including phenoxy) is 1. The summed E-state index contributed by atoms with van der Waals surface area (Å²) in [7, 11) is 0. The van der Waals surface area contributed by atoms with E-state index in [1.807, 2.05) is 6.92 Å². The Labute approximate surface area is 121 Å². The van der Waals surface area contributed by atoms with Crippen molar-refractivity contribution < 1.29 is 9.53 Å². The number of nitrogens with two attached hydrogens (primary N) is 1. The molecule has 0 amide bonds. The second-order valence-corrected chi connectivity index (χ2v) is 5.67. The van der Waals surface area contributed by atoms with Crippen molar-refractivity contribution in [1.29, 1.82) is 0 Å². The van der Waals surface area contributed by atoms with Crippen LogP contribution in [0.2, 0.25) is 0 Å². The van der Waals surface area contributed by atoms with Gasteiger partial charge in [-0.2, -0.15) is 0 Å². The minimum atomic E-state index is -0.0387. The molecule has 0 atom stereocenters. The van der Waals surface area contributed by atoms with E-state index in [0.717, 1.165) is 12.8 Å². The fourth-order valence-electron chi connectivity index (χ4n) is 3.08. The molecule has 1 aromatic rings. The Hall–Kier alpha value is -1.35. The molecule has 110 valence electrons. The number of carbonyl (C=O) groups is 1. The lowest BCUT2D eigenvalue weighted by Gasteiger charge is -2.28. The molecule has 2 rings (SSSR count). The third-order valence-electron chi connectivity index (χ3n) is 4.29. The molecule has 0 aliphatic heterocycles. The van der Waals surface area contributed by atoms with Crippen LogP contribution in [0.15, 0.2) is 24.3 Å². The highest BCUT2D eigenvalue weighted by atomic mass is 16.5. The van der Waals surface area contributed by atoms with Gasteiger partial charge in [0.2, 0.25) is 0 Å². The van der Waals surface area contributed by atoms with Crippen molar-refractivity contribution in [2.45, 2.75) is 51.5 Å². The topological polar surface area (TPSA) is 52.3 Å². The Morgan fingerprint density at radius 1 is 1.20 bits per heavy atom. The van der Waals surface area contributed by atoms with Gasteiger partial charge in [-0.15, -0.1) is 0 Å². The molecule has 0 bridgehead atoms. The SMILES string of the molecule is CCOC(=O)C[C@H]1CC[C@H](c2ccc(CN)cc2)CC1. The summed E-state index contributed by atoms with van der Waals surface area (Å²) in [6.45, 7) is 2.95. The smallest absolute Gasteiger partial charge is 0.306 e. The Morgan fingerprint density at radius 2 is 1.85 bits per heavy atom. The highest BCUT2D eigenvalue weighted by molar-refractivity contribution is 5.69. The highest BCUT2D eigenvalue weighted by Gasteiger charge is 2.24. The van der Waals surface area contributed by atoms with Gasteiger partial charge in [0.1, 0.15) is 0 Å². The molecule has 0 radical (unpaired) electrons. The molecule has 0 unspecified atom stereocenters. The van der Waals surface area contributed by atoms with E-state index < -0.39 is 0 Å². The zero-order chi connectivity index (χ0) is 14.4. The molecule has 3 heteroatoms. The third kappa shape index (κ3) is 4.07. The molecule has 1 fully saturated rings. The average molecular weight is 275 g/mol. The quantitative estimate of drug-likeness (QED) is 0.838. The fourth-order valence-corrected chi connectivity index (χ4v) is 3.08. The summed E-state index contributed by atoms with van der Waals surface area (Å²) in [6.07, 6.45) is 5.19. The van der Waals surface area contributed by atoms with E-state index in [1.54, 1.807) is 0 Å². The highest BCUT2D eigenvalue weighted by Crippen LogP contribution is 2.37. The monoisotopic (exact) mass is 275 g/mol. The van der Waals surface area contributed by atoms with Gasteiger partial charge in [0.15, 0.2) is 0 Å². The van der Waals surface area contributed by atoms with Gasteiger partial charge in [0.25, 0.3) is 0 Å². The maximum Gasteiger partial charge on any atom is 0.306 e. The van der Waals surface area contributed by atoms with Gasteiger partial charge in [0.05, 0.1) is 6.61 Å². The first-order valence-corrected chi connectivity index (χ1v) is 7.67. The van der Waals surface area contributed by atoms with Crippen LogP contribution >= 0.6 is 0 Å². The molecular weight excluding hydrogens is 250 g/mol. The summed E-state index contributed by atoms with van der Waals surface area (Å²) >= 11 is 0. The normalized spacial score (nSPS) is 22.5. The van der Waals surface area contributed by atoms with Gasteiger partial charge in [0, 0.05) is 13.0 Å². The lowest BCUT2D eigenvalue weighted by atomic mass is 9.77. The summed E-state index contributed by atoms with van der Waals surface area (Å²) in [5.74, 6) is 1.11. The van der Waals surface area contributed by atoms with Crippen molar-refractivity contribution in [2.75, 3.05) is 6.61 Å². The van der Waals surface area contributed by atoms with E-state index in [-0.39, 0.29) is 5.97 Å². The maximum absolute atomic E-state index is 11.5. The second kappa shape index (κ2) is 7.44. The Morgan fingerprint density at radius 3 is 2.40 bits per heavy atom. The molecule has 1 aliphatic carbocycles. The van der Waals surface area contributed by atoms with Crippen molar-refractivity contribution >= 4 is 5.97 Å². The van der Waals surface area contributed by atoms with Crippen molar-refractivity contribution in [3.63, 3.8) is 0 Å². The molecule has 3 nitrogen and oxygen atoms in total. The molecule has 20 heavy (non-hydrogen) atoms. The second-order valence-electron chi connectivity index (χ2n) is 5.67. The number of hydrogen-bond donors (Lipinski definition) is 1. The van der Waals surface area contributed by atoms with Gasteiger partial charge in [-0.1, -0.05) is 24.3 Å². The largest absolute Gasteiger partial charge is 0.466 e. The van der Waals surface area contributed by atoms with Crippen LogP contribution in [0.3, 0.4) is 0 Å². The van der Waals surface area contributed by atoms with Gasteiger partial charge in [-0.25, -0.2) is 0 Å². The summed E-state index contributed by atoms with van der Waals surface area (Å²) in [5, 5.41) is 0. The molecule has 0 aromatic heterocycles. The van der Waals surface area contributed by atoms with Crippen molar-refractivity contribution in [3.8, 4) is 0 Å². The summed E-state index contributed by atoms with van der Waals surface area (Å²) in [5.41, 5.74) is 8.22.